The second-order valence-electron chi connectivity index (χ2n) is 4.84. The van der Waals surface area contributed by atoms with E-state index >= 15 is 0 Å². The van der Waals surface area contributed by atoms with Crippen molar-refractivity contribution in [1.82, 2.24) is 10.3 Å². The Morgan fingerprint density at radius 2 is 1.78 bits per heavy atom. The van der Waals surface area contributed by atoms with E-state index in [2.05, 4.69) is 15.0 Å². The van der Waals surface area contributed by atoms with Crippen LogP contribution in [0.1, 0.15) is 11.5 Å². The molecule has 0 saturated carbocycles. The van der Waals surface area contributed by atoms with Crippen molar-refractivity contribution in [3.63, 3.8) is 0 Å². The fourth-order valence-corrected chi connectivity index (χ4v) is 3.55. The van der Waals surface area contributed by atoms with E-state index < -0.39 is 10.0 Å². The minimum Gasteiger partial charge on any atom is -0.360 e. The van der Waals surface area contributed by atoms with Crippen molar-refractivity contribution in [1.29, 1.82) is 0 Å². The zero-order valence-electron chi connectivity index (χ0n) is 12.2. The third kappa shape index (κ3) is 3.08. The van der Waals surface area contributed by atoms with Gasteiger partial charge in [-0.25, -0.2) is 13.1 Å². The SMILES string of the molecule is Cc1noc(C)c1S(=O)(=O)Nc1cc(-c2ccc(Cl)cc2)no1. The zero-order chi connectivity index (χ0) is 16.6. The van der Waals surface area contributed by atoms with Gasteiger partial charge in [-0.15, -0.1) is 0 Å². The lowest BCUT2D eigenvalue weighted by atomic mass is 10.1. The molecule has 0 atom stereocenters. The molecule has 2 aromatic heterocycles. The van der Waals surface area contributed by atoms with Crippen LogP contribution < -0.4 is 4.72 Å². The summed E-state index contributed by atoms with van der Waals surface area (Å²) in [5, 5.41) is 8.07. The number of halogens is 1. The van der Waals surface area contributed by atoms with Crippen molar-refractivity contribution in [2.45, 2.75) is 18.7 Å². The predicted octanol–water partition coefficient (Wildman–Crippen LogP) is 3.40. The molecule has 1 aromatic carbocycles. The molecule has 1 N–H and O–H groups in total. The molecule has 2 heterocycles. The summed E-state index contributed by atoms with van der Waals surface area (Å²) in [6, 6.07) is 8.41. The van der Waals surface area contributed by atoms with Gasteiger partial charge >= 0.3 is 0 Å². The number of rotatable bonds is 4. The average Bonchev–Trinajstić information content (AvgIpc) is 3.06. The highest BCUT2D eigenvalue weighted by molar-refractivity contribution is 7.92. The van der Waals surface area contributed by atoms with Crippen LogP contribution in [-0.2, 0) is 10.0 Å². The van der Waals surface area contributed by atoms with Gasteiger partial charge in [-0.2, -0.15) is 0 Å². The van der Waals surface area contributed by atoms with Gasteiger partial charge in [0.2, 0.25) is 5.88 Å². The van der Waals surface area contributed by atoms with Crippen LogP contribution in [0.4, 0.5) is 5.88 Å². The summed E-state index contributed by atoms with van der Waals surface area (Å²) in [6.07, 6.45) is 0. The first-order valence-corrected chi connectivity index (χ1v) is 8.41. The molecule has 0 aliphatic carbocycles. The van der Waals surface area contributed by atoms with Crippen LogP contribution in [0, 0.1) is 13.8 Å². The highest BCUT2D eigenvalue weighted by Gasteiger charge is 2.25. The molecular formula is C14H12ClN3O4S. The third-order valence-electron chi connectivity index (χ3n) is 3.12. The van der Waals surface area contributed by atoms with E-state index in [1.807, 2.05) is 0 Å². The number of hydrogen-bond acceptors (Lipinski definition) is 6. The van der Waals surface area contributed by atoms with Gasteiger partial charge in [0.15, 0.2) is 10.7 Å². The average molecular weight is 354 g/mol. The molecule has 0 saturated heterocycles. The zero-order valence-corrected chi connectivity index (χ0v) is 13.8. The highest BCUT2D eigenvalue weighted by atomic mass is 35.5. The Balaban J connectivity index is 1.88. The Hall–Kier alpha value is -2.32. The number of aromatic nitrogens is 2. The molecule has 0 radical (unpaired) electrons. The van der Waals surface area contributed by atoms with Crippen LogP contribution in [0.2, 0.25) is 5.02 Å². The van der Waals surface area contributed by atoms with Crippen molar-refractivity contribution in [2.24, 2.45) is 0 Å². The van der Waals surface area contributed by atoms with E-state index in [1.165, 1.54) is 13.0 Å². The normalized spacial score (nSPS) is 11.6. The van der Waals surface area contributed by atoms with Crippen LogP contribution in [-0.4, -0.2) is 18.7 Å². The summed E-state index contributed by atoms with van der Waals surface area (Å²) in [6.45, 7) is 3.07. The minimum atomic E-state index is -3.87. The van der Waals surface area contributed by atoms with Crippen LogP contribution in [0.25, 0.3) is 11.3 Å². The van der Waals surface area contributed by atoms with E-state index in [4.69, 9.17) is 20.6 Å². The molecule has 0 amide bonds. The topological polar surface area (TPSA) is 98.2 Å². The number of benzene rings is 1. The van der Waals surface area contributed by atoms with Crippen molar-refractivity contribution in [3.8, 4) is 11.3 Å². The van der Waals surface area contributed by atoms with Crippen molar-refractivity contribution in [3.05, 3.63) is 46.8 Å². The summed E-state index contributed by atoms with van der Waals surface area (Å²) in [7, 11) is -3.87. The van der Waals surface area contributed by atoms with Crippen LogP contribution in [0.15, 0.2) is 44.3 Å². The molecule has 3 rings (SSSR count). The fourth-order valence-electron chi connectivity index (χ4n) is 2.12. The first kappa shape index (κ1) is 15.6. The predicted molar refractivity (Wildman–Crippen MR) is 83.7 cm³/mol. The summed E-state index contributed by atoms with van der Waals surface area (Å²) in [5.74, 6) is 0.197. The Morgan fingerprint density at radius 1 is 1.09 bits per heavy atom. The van der Waals surface area contributed by atoms with E-state index in [-0.39, 0.29) is 22.2 Å². The first-order valence-electron chi connectivity index (χ1n) is 6.55. The standard InChI is InChI=1S/C14H12ClN3O4S/c1-8-14(9(2)21-16-8)23(19,20)18-13-7-12(17-22-13)10-3-5-11(15)6-4-10/h3-7,18H,1-2H3. The number of sulfonamides is 1. The summed E-state index contributed by atoms with van der Waals surface area (Å²) in [4.78, 5) is -0.0121. The van der Waals surface area contributed by atoms with Crippen molar-refractivity contribution in [2.75, 3.05) is 4.72 Å². The summed E-state index contributed by atoms with van der Waals surface area (Å²) < 4.78 is 37.0. The van der Waals surface area contributed by atoms with E-state index in [9.17, 15) is 8.42 Å². The smallest absolute Gasteiger partial charge is 0.269 e. The Bertz CT molecular complexity index is 925. The Labute approximate surface area is 137 Å². The van der Waals surface area contributed by atoms with Gasteiger partial charge in [0.1, 0.15) is 11.4 Å². The van der Waals surface area contributed by atoms with Gasteiger partial charge < -0.3 is 9.05 Å². The van der Waals surface area contributed by atoms with Gasteiger partial charge in [-0.05, 0) is 26.0 Å². The lowest BCUT2D eigenvalue weighted by molar-refractivity contribution is 0.390. The number of anilines is 1. The lowest BCUT2D eigenvalue weighted by Crippen LogP contribution is -2.14. The molecule has 9 heteroatoms. The molecule has 23 heavy (non-hydrogen) atoms. The van der Waals surface area contributed by atoms with Gasteiger partial charge in [0.05, 0.1) is 0 Å². The molecule has 7 nitrogen and oxygen atoms in total. The number of hydrogen-bond donors (Lipinski definition) is 1. The maximum absolute atomic E-state index is 12.4. The molecule has 0 bridgehead atoms. The number of nitrogens with zero attached hydrogens (tertiary/aromatic N) is 2. The van der Waals surface area contributed by atoms with E-state index in [1.54, 1.807) is 31.2 Å². The molecule has 120 valence electrons. The van der Waals surface area contributed by atoms with Crippen LogP contribution >= 0.6 is 11.6 Å². The van der Waals surface area contributed by atoms with Gasteiger partial charge in [0, 0.05) is 16.7 Å². The quantitative estimate of drug-likeness (QED) is 0.771. The minimum absolute atomic E-state index is 0.00468. The second-order valence-corrected chi connectivity index (χ2v) is 6.90. The van der Waals surface area contributed by atoms with Gasteiger partial charge in [-0.1, -0.05) is 34.0 Å². The molecule has 0 aliphatic heterocycles. The Kier molecular flexibility index (Phi) is 3.87. The summed E-state index contributed by atoms with van der Waals surface area (Å²) >= 11 is 5.83. The molecule has 3 aromatic rings. The van der Waals surface area contributed by atoms with Crippen LogP contribution in [0.5, 0.6) is 0 Å². The van der Waals surface area contributed by atoms with E-state index in [0.29, 0.717) is 10.7 Å². The van der Waals surface area contributed by atoms with Crippen LogP contribution in [0.3, 0.4) is 0 Å². The first-order chi connectivity index (χ1) is 10.9. The highest BCUT2D eigenvalue weighted by Crippen LogP contribution is 2.26. The van der Waals surface area contributed by atoms with Crippen molar-refractivity contribution >= 4 is 27.5 Å². The van der Waals surface area contributed by atoms with Gasteiger partial charge in [-0.3, -0.25) is 0 Å². The lowest BCUT2D eigenvalue weighted by Gasteiger charge is -2.02. The van der Waals surface area contributed by atoms with Gasteiger partial charge in [0.25, 0.3) is 10.0 Å². The molecule has 0 spiro atoms. The fraction of sp³-hybridized carbons (Fsp3) is 0.143. The van der Waals surface area contributed by atoms with E-state index in [0.717, 1.165) is 5.56 Å². The maximum atomic E-state index is 12.4. The number of aryl methyl sites for hydroxylation is 2. The number of nitrogens with one attached hydrogen (secondary N) is 1. The summed E-state index contributed by atoms with van der Waals surface area (Å²) in [5.41, 5.74) is 1.51. The molecule has 0 aliphatic rings. The Morgan fingerprint density at radius 3 is 2.39 bits per heavy atom. The molecule has 0 unspecified atom stereocenters. The maximum Gasteiger partial charge on any atom is 0.269 e. The molecular weight excluding hydrogens is 342 g/mol. The third-order valence-corrected chi connectivity index (χ3v) is 4.96. The largest absolute Gasteiger partial charge is 0.360 e. The molecule has 0 fully saturated rings. The van der Waals surface area contributed by atoms with Crippen molar-refractivity contribution < 1.29 is 17.5 Å². The monoisotopic (exact) mass is 353 g/mol. The second kappa shape index (κ2) is 5.71.